The standard InChI is InChI=1S/C19H17ClN2O4S2/c1-26-15-6-4-14(5-7-15)22-28(24,25)17-9-2-13(3-10-17)19(23)21-12-16-8-11-18(20)27-16/h2-11,22H,12H2,1H3,(H,21,23). The topological polar surface area (TPSA) is 84.5 Å². The van der Waals surface area contributed by atoms with Gasteiger partial charge in [0.15, 0.2) is 0 Å². The molecule has 0 radical (unpaired) electrons. The largest absolute Gasteiger partial charge is 0.497 e. The SMILES string of the molecule is COc1ccc(NS(=O)(=O)c2ccc(C(=O)NCc3ccc(Cl)s3)cc2)cc1. The zero-order chi connectivity index (χ0) is 20.1. The Hall–Kier alpha value is -2.55. The second-order valence-corrected chi connectivity index (χ2v) is 9.23. The van der Waals surface area contributed by atoms with E-state index in [0.29, 0.717) is 27.9 Å². The van der Waals surface area contributed by atoms with Gasteiger partial charge in [0.1, 0.15) is 5.75 Å². The van der Waals surface area contributed by atoms with Crippen molar-refractivity contribution in [1.29, 1.82) is 0 Å². The molecule has 0 unspecified atom stereocenters. The number of thiophene rings is 1. The molecule has 2 aromatic carbocycles. The summed E-state index contributed by atoms with van der Waals surface area (Å²) in [4.78, 5) is 13.2. The molecule has 0 spiro atoms. The lowest BCUT2D eigenvalue weighted by Gasteiger charge is -2.09. The third-order valence-electron chi connectivity index (χ3n) is 3.82. The Kier molecular flexibility index (Phi) is 6.23. The predicted octanol–water partition coefficient (Wildman–Crippen LogP) is 4.14. The molecule has 1 amide bonds. The number of ether oxygens (including phenoxy) is 1. The van der Waals surface area contributed by atoms with Gasteiger partial charge in [-0.3, -0.25) is 9.52 Å². The molecule has 1 aromatic heterocycles. The monoisotopic (exact) mass is 436 g/mol. The number of sulfonamides is 1. The van der Waals surface area contributed by atoms with Crippen LogP contribution in [0.25, 0.3) is 0 Å². The van der Waals surface area contributed by atoms with Gasteiger partial charge in [0, 0.05) is 16.1 Å². The summed E-state index contributed by atoms with van der Waals surface area (Å²) in [6, 6.07) is 15.9. The summed E-state index contributed by atoms with van der Waals surface area (Å²) in [6.07, 6.45) is 0. The van der Waals surface area contributed by atoms with E-state index in [1.54, 1.807) is 30.3 Å². The fraction of sp³-hybridized carbons (Fsp3) is 0.105. The number of carbonyl (C=O) groups excluding carboxylic acids is 1. The van der Waals surface area contributed by atoms with Crippen LogP contribution in [0.15, 0.2) is 65.6 Å². The van der Waals surface area contributed by atoms with Gasteiger partial charge in [-0.25, -0.2) is 8.42 Å². The first-order valence-corrected chi connectivity index (χ1v) is 10.8. The molecule has 0 saturated heterocycles. The van der Waals surface area contributed by atoms with Gasteiger partial charge in [-0.15, -0.1) is 11.3 Å². The molecular weight excluding hydrogens is 420 g/mol. The summed E-state index contributed by atoms with van der Waals surface area (Å²) in [6.45, 7) is 0.356. The number of carbonyl (C=O) groups is 1. The molecule has 1 heterocycles. The quantitative estimate of drug-likeness (QED) is 0.583. The van der Waals surface area contributed by atoms with E-state index in [1.165, 1.54) is 42.7 Å². The van der Waals surface area contributed by atoms with Crippen LogP contribution >= 0.6 is 22.9 Å². The average molecular weight is 437 g/mol. The van der Waals surface area contributed by atoms with Gasteiger partial charge in [-0.1, -0.05) is 11.6 Å². The number of anilines is 1. The first-order chi connectivity index (χ1) is 13.4. The van der Waals surface area contributed by atoms with Crippen molar-refractivity contribution in [1.82, 2.24) is 5.32 Å². The summed E-state index contributed by atoms with van der Waals surface area (Å²) in [5.74, 6) is 0.333. The van der Waals surface area contributed by atoms with E-state index < -0.39 is 10.0 Å². The summed E-state index contributed by atoms with van der Waals surface area (Å²) < 4.78 is 33.2. The van der Waals surface area contributed by atoms with Crippen molar-refractivity contribution in [3.8, 4) is 5.75 Å². The molecule has 0 aliphatic carbocycles. The highest BCUT2D eigenvalue weighted by Crippen LogP contribution is 2.22. The molecule has 0 aliphatic heterocycles. The Balaban J connectivity index is 1.65. The number of hydrogen-bond donors (Lipinski definition) is 2. The maximum atomic E-state index is 12.5. The Morgan fingerprint density at radius 1 is 1.04 bits per heavy atom. The number of benzene rings is 2. The maximum absolute atomic E-state index is 12.5. The van der Waals surface area contributed by atoms with Crippen LogP contribution in [0.2, 0.25) is 4.34 Å². The first kappa shape index (κ1) is 20.2. The average Bonchev–Trinajstić information content (AvgIpc) is 3.12. The lowest BCUT2D eigenvalue weighted by molar-refractivity contribution is 0.0951. The number of rotatable bonds is 7. The van der Waals surface area contributed by atoms with Crippen molar-refractivity contribution in [3.05, 3.63) is 75.4 Å². The predicted molar refractivity (Wildman–Crippen MR) is 111 cm³/mol. The molecule has 0 aliphatic rings. The molecule has 0 bridgehead atoms. The molecule has 3 rings (SSSR count). The van der Waals surface area contributed by atoms with E-state index in [2.05, 4.69) is 10.0 Å². The number of amides is 1. The molecule has 3 aromatic rings. The van der Waals surface area contributed by atoms with E-state index >= 15 is 0 Å². The Morgan fingerprint density at radius 3 is 2.29 bits per heavy atom. The summed E-state index contributed by atoms with van der Waals surface area (Å²) in [5, 5.41) is 2.77. The van der Waals surface area contributed by atoms with Gasteiger partial charge in [-0.05, 0) is 60.7 Å². The van der Waals surface area contributed by atoms with E-state index in [9.17, 15) is 13.2 Å². The van der Waals surface area contributed by atoms with Crippen molar-refractivity contribution in [2.24, 2.45) is 0 Å². The molecule has 2 N–H and O–H groups in total. The van der Waals surface area contributed by atoms with E-state index in [4.69, 9.17) is 16.3 Å². The second kappa shape index (κ2) is 8.64. The van der Waals surface area contributed by atoms with Crippen molar-refractivity contribution in [3.63, 3.8) is 0 Å². The van der Waals surface area contributed by atoms with Gasteiger partial charge < -0.3 is 10.1 Å². The minimum Gasteiger partial charge on any atom is -0.497 e. The lowest BCUT2D eigenvalue weighted by atomic mass is 10.2. The second-order valence-electron chi connectivity index (χ2n) is 5.75. The highest BCUT2D eigenvalue weighted by molar-refractivity contribution is 7.92. The number of methoxy groups -OCH3 is 1. The lowest BCUT2D eigenvalue weighted by Crippen LogP contribution is -2.22. The highest BCUT2D eigenvalue weighted by Gasteiger charge is 2.15. The van der Waals surface area contributed by atoms with Crippen LogP contribution in [0.1, 0.15) is 15.2 Å². The van der Waals surface area contributed by atoms with E-state index in [0.717, 1.165) is 4.88 Å². The third-order valence-corrected chi connectivity index (χ3v) is 6.45. The minimum atomic E-state index is -3.76. The Morgan fingerprint density at radius 2 is 1.71 bits per heavy atom. The Labute approximate surface area is 172 Å². The minimum absolute atomic E-state index is 0.0601. The van der Waals surface area contributed by atoms with Crippen LogP contribution in [0, 0.1) is 0 Å². The fourth-order valence-corrected chi connectivity index (χ4v) is 4.46. The van der Waals surface area contributed by atoms with Crippen LogP contribution in [-0.4, -0.2) is 21.4 Å². The van der Waals surface area contributed by atoms with Crippen molar-refractivity contribution in [2.45, 2.75) is 11.4 Å². The molecule has 28 heavy (non-hydrogen) atoms. The van der Waals surface area contributed by atoms with Gasteiger partial charge in [0.25, 0.3) is 15.9 Å². The third kappa shape index (κ3) is 5.03. The van der Waals surface area contributed by atoms with Gasteiger partial charge in [0.05, 0.1) is 22.9 Å². The van der Waals surface area contributed by atoms with Crippen LogP contribution in [0.5, 0.6) is 5.75 Å². The first-order valence-electron chi connectivity index (χ1n) is 8.17. The molecule has 0 fully saturated rings. The maximum Gasteiger partial charge on any atom is 0.261 e. The van der Waals surface area contributed by atoms with Crippen LogP contribution in [-0.2, 0) is 16.6 Å². The number of hydrogen-bond acceptors (Lipinski definition) is 5. The summed E-state index contributed by atoms with van der Waals surface area (Å²) >= 11 is 7.25. The number of halogens is 1. The molecular formula is C19H17ClN2O4S2. The van der Waals surface area contributed by atoms with Gasteiger partial charge in [-0.2, -0.15) is 0 Å². The molecule has 146 valence electrons. The van der Waals surface area contributed by atoms with Crippen LogP contribution in [0.3, 0.4) is 0 Å². The smallest absolute Gasteiger partial charge is 0.261 e. The normalized spacial score (nSPS) is 11.1. The molecule has 0 atom stereocenters. The molecule has 6 nitrogen and oxygen atoms in total. The van der Waals surface area contributed by atoms with Gasteiger partial charge >= 0.3 is 0 Å². The highest BCUT2D eigenvalue weighted by atomic mass is 35.5. The summed E-state index contributed by atoms with van der Waals surface area (Å²) in [5.41, 5.74) is 0.781. The zero-order valence-electron chi connectivity index (χ0n) is 14.8. The van der Waals surface area contributed by atoms with Crippen LogP contribution < -0.4 is 14.8 Å². The van der Waals surface area contributed by atoms with E-state index in [1.807, 2.05) is 6.07 Å². The van der Waals surface area contributed by atoms with Crippen LogP contribution in [0.4, 0.5) is 5.69 Å². The molecule has 9 heteroatoms. The Bertz CT molecular complexity index is 1060. The zero-order valence-corrected chi connectivity index (χ0v) is 17.2. The molecule has 0 saturated carbocycles. The van der Waals surface area contributed by atoms with Crippen molar-refractivity contribution < 1.29 is 17.9 Å². The fourth-order valence-electron chi connectivity index (χ4n) is 2.37. The van der Waals surface area contributed by atoms with Gasteiger partial charge in [0.2, 0.25) is 0 Å². The van der Waals surface area contributed by atoms with Crippen molar-refractivity contribution in [2.75, 3.05) is 11.8 Å². The van der Waals surface area contributed by atoms with E-state index in [-0.39, 0.29) is 10.8 Å². The summed E-state index contributed by atoms with van der Waals surface area (Å²) in [7, 11) is -2.23. The number of nitrogens with one attached hydrogen (secondary N) is 2. The van der Waals surface area contributed by atoms with Crippen molar-refractivity contribution >= 4 is 44.6 Å².